The van der Waals surface area contributed by atoms with E-state index in [1.54, 1.807) is 18.2 Å². The molecular weight excluding hydrogens is 316 g/mol. The van der Waals surface area contributed by atoms with Crippen molar-refractivity contribution in [3.63, 3.8) is 0 Å². The largest absolute Gasteiger partial charge is 0.376 e. The van der Waals surface area contributed by atoms with Crippen LogP contribution in [-0.4, -0.2) is 30.9 Å². The van der Waals surface area contributed by atoms with E-state index >= 15 is 0 Å². The molecular formula is C17H19ClN2O3. The molecule has 1 aromatic rings. The van der Waals surface area contributed by atoms with Crippen LogP contribution in [0.1, 0.15) is 24.8 Å². The van der Waals surface area contributed by atoms with Gasteiger partial charge < -0.3 is 10.1 Å². The minimum Gasteiger partial charge on any atom is -0.376 e. The van der Waals surface area contributed by atoms with Crippen molar-refractivity contribution in [1.29, 1.82) is 5.26 Å². The summed E-state index contributed by atoms with van der Waals surface area (Å²) in [5, 5.41) is 12.4. The van der Waals surface area contributed by atoms with Crippen molar-refractivity contribution in [1.82, 2.24) is 5.32 Å². The summed E-state index contributed by atoms with van der Waals surface area (Å²) in [6, 6.07) is 8.95. The molecule has 0 unspecified atom stereocenters. The molecule has 0 spiro atoms. The summed E-state index contributed by atoms with van der Waals surface area (Å²) >= 11 is 5.80. The lowest BCUT2D eigenvalue weighted by atomic mass is 9.98. The molecule has 0 aromatic heterocycles. The molecule has 1 aromatic carbocycles. The average Bonchev–Trinajstić information content (AvgIpc) is 3.06. The van der Waals surface area contributed by atoms with E-state index in [9.17, 15) is 9.59 Å². The molecule has 1 aliphatic heterocycles. The van der Waals surface area contributed by atoms with E-state index in [0.29, 0.717) is 24.6 Å². The molecule has 1 fully saturated rings. The molecule has 1 N–H and O–H groups in total. The van der Waals surface area contributed by atoms with Crippen LogP contribution >= 0.6 is 11.6 Å². The minimum atomic E-state index is -1.26. The molecule has 0 radical (unpaired) electrons. The number of carbonyl (C=O) groups excluding carboxylic acids is 2. The molecule has 23 heavy (non-hydrogen) atoms. The molecule has 1 heterocycles. The molecule has 2 atom stereocenters. The fourth-order valence-corrected chi connectivity index (χ4v) is 2.59. The van der Waals surface area contributed by atoms with Gasteiger partial charge >= 0.3 is 0 Å². The van der Waals surface area contributed by atoms with Gasteiger partial charge in [0.05, 0.1) is 12.2 Å². The van der Waals surface area contributed by atoms with E-state index in [1.807, 2.05) is 12.1 Å². The lowest BCUT2D eigenvalue weighted by Crippen LogP contribution is -2.38. The average molecular weight is 335 g/mol. The maximum atomic E-state index is 12.1. The van der Waals surface area contributed by atoms with Crippen molar-refractivity contribution in [3.05, 3.63) is 34.9 Å². The number of nitrogens with one attached hydrogen (secondary N) is 1. The number of hydrogen-bond donors (Lipinski definition) is 1. The number of carbonyl (C=O) groups is 2. The number of Topliss-reactive ketones (excluding diaryl/α,β-unsaturated/α-hetero) is 1. The fraction of sp³-hybridized carbons (Fsp3) is 0.471. The van der Waals surface area contributed by atoms with Crippen LogP contribution in [0.5, 0.6) is 0 Å². The Morgan fingerprint density at radius 2 is 2.13 bits per heavy atom. The summed E-state index contributed by atoms with van der Waals surface area (Å²) in [6.45, 7) is 1.05. The van der Waals surface area contributed by atoms with Crippen LogP contribution in [0.25, 0.3) is 0 Å². The number of aryl methyl sites for hydroxylation is 1. The quantitative estimate of drug-likeness (QED) is 0.776. The number of nitrogens with zero attached hydrogens (tertiary/aromatic N) is 1. The zero-order valence-corrected chi connectivity index (χ0v) is 13.5. The Balaban J connectivity index is 1.81. The normalized spacial score (nSPS) is 18.2. The summed E-state index contributed by atoms with van der Waals surface area (Å²) in [7, 11) is 0. The van der Waals surface area contributed by atoms with Crippen LogP contribution < -0.4 is 5.32 Å². The number of amides is 1. The van der Waals surface area contributed by atoms with Gasteiger partial charge in [0.25, 0.3) is 0 Å². The van der Waals surface area contributed by atoms with Gasteiger partial charge in [-0.15, -0.1) is 0 Å². The number of hydrogen-bond acceptors (Lipinski definition) is 4. The highest BCUT2D eigenvalue weighted by atomic mass is 35.5. The molecule has 2 rings (SSSR count). The lowest BCUT2D eigenvalue weighted by molar-refractivity contribution is -0.132. The van der Waals surface area contributed by atoms with Crippen LogP contribution in [0.4, 0.5) is 0 Å². The van der Waals surface area contributed by atoms with E-state index in [2.05, 4.69) is 5.32 Å². The third-order valence-corrected chi connectivity index (χ3v) is 4.07. The van der Waals surface area contributed by atoms with Gasteiger partial charge in [-0.3, -0.25) is 9.59 Å². The smallest absolute Gasteiger partial charge is 0.245 e. The monoisotopic (exact) mass is 334 g/mol. The summed E-state index contributed by atoms with van der Waals surface area (Å²) in [6.07, 6.45) is 2.48. The van der Waals surface area contributed by atoms with E-state index in [-0.39, 0.29) is 18.3 Å². The number of rotatable bonds is 7. The van der Waals surface area contributed by atoms with Gasteiger partial charge in [-0.2, -0.15) is 5.26 Å². The van der Waals surface area contributed by atoms with E-state index in [4.69, 9.17) is 21.6 Å². The molecule has 0 saturated carbocycles. The zero-order valence-electron chi connectivity index (χ0n) is 12.8. The van der Waals surface area contributed by atoms with Crippen LogP contribution in [-0.2, 0) is 20.7 Å². The molecule has 0 bridgehead atoms. The second-order valence-electron chi connectivity index (χ2n) is 5.54. The van der Waals surface area contributed by atoms with E-state index < -0.39 is 11.8 Å². The summed E-state index contributed by atoms with van der Waals surface area (Å²) in [5.41, 5.74) is 0.944. The third kappa shape index (κ3) is 5.34. The third-order valence-electron chi connectivity index (χ3n) is 3.81. The second-order valence-corrected chi connectivity index (χ2v) is 5.97. The fourth-order valence-electron chi connectivity index (χ4n) is 2.46. The Hall–Kier alpha value is -1.90. The van der Waals surface area contributed by atoms with Crippen molar-refractivity contribution in [3.8, 4) is 6.07 Å². The zero-order chi connectivity index (χ0) is 16.7. The van der Waals surface area contributed by atoms with Gasteiger partial charge in [-0.25, -0.2) is 0 Å². The Morgan fingerprint density at radius 3 is 2.74 bits per heavy atom. The second kappa shape index (κ2) is 8.66. The topological polar surface area (TPSA) is 79.2 Å². The first-order chi connectivity index (χ1) is 11.1. The lowest BCUT2D eigenvalue weighted by Gasteiger charge is -2.13. The first-order valence-corrected chi connectivity index (χ1v) is 8.04. The highest BCUT2D eigenvalue weighted by Gasteiger charge is 2.27. The predicted molar refractivity (Wildman–Crippen MR) is 85.9 cm³/mol. The Bertz CT molecular complexity index is 589. The molecule has 0 aliphatic carbocycles. The van der Waals surface area contributed by atoms with Crippen molar-refractivity contribution in [2.45, 2.75) is 31.8 Å². The molecule has 1 aliphatic rings. The van der Waals surface area contributed by atoms with Crippen molar-refractivity contribution in [2.75, 3.05) is 13.2 Å². The van der Waals surface area contributed by atoms with Crippen molar-refractivity contribution < 1.29 is 14.3 Å². The van der Waals surface area contributed by atoms with Crippen molar-refractivity contribution >= 4 is 23.3 Å². The number of benzene rings is 1. The van der Waals surface area contributed by atoms with Crippen LogP contribution in [0, 0.1) is 17.2 Å². The first kappa shape index (κ1) is 17.5. The first-order valence-electron chi connectivity index (χ1n) is 7.66. The number of ether oxygens (including phenoxy) is 1. The Kier molecular flexibility index (Phi) is 6.57. The van der Waals surface area contributed by atoms with Gasteiger partial charge in [0.2, 0.25) is 5.91 Å². The maximum Gasteiger partial charge on any atom is 0.245 e. The summed E-state index contributed by atoms with van der Waals surface area (Å²) < 4.78 is 5.40. The number of nitriles is 1. The van der Waals surface area contributed by atoms with Gasteiger partial charge in [-0.05, 0) is 37.0 Å². The van der Waals surface area contributed by atoms with Gasteiger partial charge in [0, 0.05) is 24.6 Å². The van der Waals surface area contributed by atoms with Crippen LogP contribution in [0.2, 0.25) is 5.02 Å². The maximum absolute atomic E-state index is 12.1. The van der Waals surface area contributed by atoms with E-state index in [1.165, 1.54) is 0 Å². The van der Waals surface area contributed by atoms with Gasteiger partial charge in [0.15, 0.2) is 11.7 Å². The highest BCUT2D eigenvalue weighted by molar-refractivity contribution is 6.30. The van der Waals surface area contributed by atoms with Gasteiger partial charge in [-0.1, -0.05) is 23.7 Å². The van der Waals surface area contributed by atoms with Gasteiger partial charge in [0.1, 0.15) is 0 Å². The number of halogens is 1. The number of ketones is 1. The summed E-state index contributed by atoms with van der Waals surface area (Å²) in [5.74, 6) is -2.17. The molecule has 5 nitrogen and oxygen atoms in total. The Morgan fingerprint density at radius 1 is 1.39 bits per heavy atom. The van der Waals surface area contributed by atoms with Crippen LogP contribution in [0.3, 0.4) is 0 Å². The minimum absolute atomic E-state index is 0.0116. The van der Waals surface area contributed by atoms with Crippen LogP contribution in [0.15, 0.2) is 24.3 Å². The molecule has 1 amide bonds. The molecule has 122 valence electrons. The standard InChI is InChI=1S/C17H19ClN2O3/c18-13-6-3-12(4-7-13)5-8-16(21)15(10-19)17(22)20-11-14-2-1-9-23-14/h3-4,6-7,14-15H,1-2,5,8-9,11H2,(H,20,22)/t14-,15-/m0/s1. The molecule has 1 saturated heterocycles. The summed E-state index contributed by atoms with van der Waals surface area (Å²) in [4.78, 5) is 24.1. The highest BCUT2D eigenvalue weighted by Crippen LogP contribution is 2.13. The Labute approximate surface area is 140 Å². The molecule has 6 heteroatoms. The van der Waals surface area contributed by atoms with E-state index in [0.717, 1.165) is 18.4 Å². The SMILES string of the molecule is N#C[C@@H](C(=O)CCc1ccc(Cl)cc1)C(=O)NC[C@@H]1CCCO1. The van der Waals surface area contributed by atoms with Crippen molar-refractivity contribution in [2.24, 2.45) is 5.92 Å². The predicted octanol–water partition coefficient (Wildman–Crippen LogP) is 2.28.